The van der Waals surface area contributed by atoms with Crippen molar-refractivity contribution in [2.24, 2.45) is 0 Å². The minimum absolute atomic E-state index is 0.331. The molecule has 3 rings (SSSR count). The number of hydrogen-bond acceptors (Lipinski definition) is 7. The van der Waals surface area contributed by atoms with Gasteiger partial charge in [0.25, 0.3) is 0 Å². The molecule has 2 aromatic rings. The van der Waals surface area contributed by atoms with Gasteiger partial charge in [0.05, 0.1) is 12.2 Å². The second-order valence-corrected chi connectivity index (χ2v) is 6.87. The Morgan fingerprint density at radius 3 is 2.37 bits per heavy atom. The largest absolute Gasteiger partial charge is 0.462 e. The molecule has 0 unspecified atom stereocenters. The lowest BCUT2D eigenvalue weighted by atomic mass is 10.0. The third-order valence-corrected chi connectivity index (χ3v) is 4.85. The lowest BCUT2D eigenvalue weighted by Gasteiger charge is -2.36. The van der Waals surface area contributed by atoms with Gasteiger partial charge in [-0.3, -0.25) is 0 Å². The maximum atomic E-state index is 11.6. The van der Waals surface area contributed by atoms with Crippen molar-refractivity contribution in [1.29, 1.82) is 0 Å². The molecule has 0 bridgehead atoms. The molecule has 0 aliphatic carbocycles. The van der Waals surface area contributed by atoms with Gasteiger partial charge in [-0.1, -0.05) is 0 Å². The number of carbonyl (C=O) groups excluding carboxylic acids is 1. The average Bonchev–Trinajstić information content (AvgIpc) is 2.69. The first kappa shape index (κ1) is 19.1. The van der Waals surface area contributed by atoms with Crippen LogP contribution in [0.5, 0.6) is 0 Å². The van der Waals surface area contributed by atoms with E-state index in [4.69, 9.17) is 4.74 Å². The summed E-state index contributed by atoms with van der Waals surface area (Å²) in [4.78, 5) is 24.7. The van der Waals surface area contributed by atoms with Gasteiger partial charge in [0.2, 0.25) is 5.95 Å². The fourth-order valence-electron chi connectivity index (χ4n) is 3.24. The Hall–Kier alpha value is -2.67. The maximum absolute atomic E-state index is 11.6. The second-order valence-electron chi connectivity index (χ2n) is 6.87. The Bertz CT molecular complexity index is 738. The minimum Gasteiger partial charge on any atom is -0.462 e. The Balaban J connectivity index is 1.57. The van der Waals surface area contributed by atoms with Crippen LogP contribution in [0.25, 0.3) is 0 Å². The number of nitrogens with zero attached hydrogens (tertiary/aromatic N) is 4. The molecule has 7 nitrogen and oxygen atoms in total. The lowest BCUT2D eigenvalue weighted by molar-refractivity contribution is 0.0525. The van der Waals surface area contributed by atoms with Crippen LogP contribution in [0.1, 0.15) is 30.1 Å². The van der Waals surface area contributed by atoms with Crippen molar-refractivity contribution in [3.8, 4) is 0 Å². The third kappa shape index (κ3) is 4.95. The second kappa shape index (κ2) is 8.81. The first-order valence-electron chi connectivity index (χ1n) is 9.34. The van der Waals surface area contributed by atoms with Crippen LogP contribution >= 0.6 is 0 Å². The van der Waals surface area contributed by atoms with E-state index >= 15 is 0 Å². The predicted molar refractivity (Wildman–Crippen MR) is 107 cm³/mol. The molecule has 2 heterocycles. The van der Waals surface area contributed by atoms with E-state index in [9.17, 15) is 4.79 Å². The van der Waals surface area contributed by atoms with E-state index < -0.39 is 5.97 Å². The summed E-state index contributed by atoms with van der Waals surface area (Å²) < 4.78 is 4.93. The fourth-order valence-corrected chi connectivity index (χ4v) is 3.24. The topological polar surface area (TPSA) is 70.6 Å². The standard InChI is InChI=1S/C20H27N5O2/c1-4-27-19(26)15-13-21-20(22-14-15)23-16-5-7-18(8-6-16)25-11-9-17(10-12-25)24(2)3/h5-8,13-14,17H,4,9-12H2,1-3H3,(H,21,22,23). The highest BCUT2D eigenvalue weighted by atomic mass is 16.5. The quantitative estimate of drug-likeness (QED) is 0.785. The van der Waals surface area contributed by atoms with E-state index in [1.807, 2.05) is 12.1 Å². The minimum atomic E-state index is -0.411. The predicted octanol–water partition coefficient (Wildman–Crippen LogP) is 2.93. The Labute approximate surface area is 160 Å². The zero-order valence-electron chi connectivity index (χ0n) is 16.2. The smallest absolute Gasteiger partial charge is 0.341 e. The van der Waals surface area contributed by atoms with Gasteiger partial charge in [0.1, 0.15) is 0 Å². The molecule has 1 fully saturated rings. The number of rotatable bonds is 6. The Morgan fingerprint density at radius 1 is 1.19 bits per heavy atom. The van der Waals surface area contributed by atoms with Crippen molar-refractivity contribution in [2.45, 2.75) is 25.8 Å². The molecule has 1 saturated heterocycles. The van der Waals surface area contributed by atoms with E-state index in [2.05, 4.69) is 51.3 Å². The molecule has 144 valence electrons. The SMILES string of the molecule is CCOC(=O)c1cnc(Nc2ccc(N3CCC(N(C)C)CC3)cc2)nc1. The summed E-state index contributed by atoms with van der Waals surface area (Å²) >= 11 is 0. The molecule has 1 aromatic heterocycles. The van der Waals surface area contributed by atoms with Gasteiger partial charge < -0.3 is 19.9 Å². The van der Waals surface area contributed by atoms with Crippen LogP contribution in [0, 0.1) is 0 Å². The molecule has 0 atom stereocenters. The van der Waals surface area contributed by atoms with Crippen LogP contribution < -0.4 is 10.2 Å². The summed E-state index contributed by atoms with van der Waals surface area (Å²) in [5.41, 5.74) is 2.49. The van der Waals surface area contributed by atoms with Crippen LogP contribution in [-0.2, 0) is 4.74 Å². The van der Waals surface area contributed by atoms with Crippen molar-refractivity contribution in [3.63, 3.8) is 0 Å². The molecule has 1 N–H and O–H groups in total. The van der Waals surface area contributed by atoms with E-state index in [0.717, 1.165) is 18.8 Å². The van der Waals surface area contributed by atoms with Crippen molar-refractivity contribution in [2.75, 3.05) is 44.0 Å². The molecule has 27 heavy (non-hydrogen) atoms. The highest BCUT2D eigenvalue weighted by Crippen LogP contribution is 2.24. The molecule has 0 amide bonds. The first-order chi connectivity index (χ1) is 13.1. The van der Waals surface area contributed by atoms with Gasteiger partial charge in [-0.15, -0.1) is 0 Å². The van der Waals surface area contributed by atoms with Gasteiger partial charge in [-0.05, 0) is 58.1 Å². The molecule has 0 saturated carbocycles. The number of aromatic nitrogens is 2. The van der Waals surface area contributed by atoms with Crippen LogP contribution in [-0.4, -0.2) is 60.7 Å². The molecule has 1 aliphatic heterocycles. The summed E-state index contributed by atoms with van der Waals surface area (Å²) in [5, 5.41) is 3.15. The van der Waals surface area contributed by atoms with Crippen molar-refractivity contribution < 1.29 is 9.53 Å². The van der Waals surface area contributed by atoms with E-state index in [0.29, 0.717) is 24.2 Å². The van der Waals surface area contributed by atoms with E-state index in [1.165, 1.54) is 30.9 Å². The molecule has 1 aromatic carbocycles. The highest BCUT2D eigenvalue weighted by molar-refractivity contribution is 5.88. The van der Waals surface area contributed by atoms with E-state index in [1.54, 1.807) is 6.92 Å². The lowest BCUT2D eigenvalue weighted by Crippen LogP contribution is -2.41. The third-order valence-electron chi connectivity index (χ3n) is 4.85. The normalized spacial score (nSPS) is 15.0. The Morgan fingerprint density at radius 2 is 1.81 bits per heavy atom. The van der Waals surface area contributed by atoms with Crippen LogP contribution in [0.2, 0.25) is 0 Å². The number of esters is 1. The van der Waals surface area contributed by atoms with Gasteiger partial charge in [-0.25, -0.2) is 14.8 Å². The Kier molecular flexibility index (Phi) is 6.24. The summed E-state index contributed by atoms with van der Waals surface area (Å²) in [6.45, 7) is 4.25. The van der Waals surface area contributed by atoms with Crippen molar-refractivity contribution in [3.05, 3.63) is 42.2 Å². The zero-order valence-corrected chi connectivity index (χ0v) is 16.2. The number of nitrogens with one attached hydrogen (secondary N) is 1. The summed E-state index contributed by atoms with van der Waals surface area (Å²) in [5.74, 6) is 0.0361. The molecular formula is C20H27N5O2. The van der Waals surface area contributed by atoms with E-state index in [-0.39, 0.29) is 0 Å². The molecule has 0 spiro atoms. The van der Waals surface area contributed by atoms with Crippen LogP contribution in [0.4, 0.5) is 17.3 Å². The van der Waals surface area contributed by atoms with Crippen molar-refractivity contribution in [1.82, 2.24) is 14.9 Å². The maximum Gasteiger partial charge on any atom is 0.341 e. The number of hydrogen-bond donors (Lipinski definition) is 1. The monoisotopic (exact) mass is 369 g/mol. The zero-order chi connectivity index (χ0) is 19.2. The molecule has 0 radical (unpaired) electrons. The van der Waals surface area contributed by atoms with Gasteiger partial charge in [0.15, 0.2) is 0 Å². The summed E-state index contributed by atoms with van der Waals surface area (Å²) in [7, 11) is 4.31. The number of ether oxygens (including phenoxy) is 1. The highest BCUT2D eigenvalue weighted by Gasteiger charge is 2.20. The van der Waals surface area contributed by atoms with Gasteiger partial charge in [-0.2, -0.15) is 0 Å². The molecule has 1 aliphatic rings. The first-order valence-corrected chi connectivity index (χ1v) is 9.34. The molecular weight excluding hydrogens is 342 g/mol. The number of anilines is 3. The summed E-state index contributed by atoms with van der Waals surface area (Å²) in [6.07, 6.45) is 5.31. The summed E-state index contributed by atoms with van der Waals surface area (Å²) in [6, 6.07) is 8.96. The average molecular weight is 369 g/mol. The van der Waals surface area contributed by atoms with Gasteiger partial charge >= 0.3 is 5.97 Å². The fraction of sp³-hybridized carbons (Fsp3) is 0.450. The van der Waals surface area contributed by atoms with Crippen LogP contribution in [0.3, 0.4) is 0 Å². The number of benzene rings is 1. The van der Waals surface area contributed by atoms with Gasteiger partial charge in [0, 0.05) is 42.9 Å². The number of carbonyl (C=O) groups is 1. The van der Waals surface area contributed by atoms with Crippen molar-refractivity contribution >= 4 is 23.3 Å². The molecule has 7 heteroatoms. The number of piperidine rings is 1. The van der Waals surface area contributed by atoms with Crippen LogP contribution in [0.15, 0.2) is 36.7 Å².